The molecule has 7 N–H and O–H groups in total. The molecule has 2 saturated heterocycles. The highest BCUT2D eigenvalue weighted by Crippen LogP contribution is 2.34. The number of unbranched alkanes of at least 4 members (excludes halogenated alkanes) is 4. The summed E-state index contributed by atoms with van der Waals surface area (Å²) in [6.45, 7) is 3.10. The monoisotopic (exact) mass is 847 g/mol. The maximum Gasteiger partial charge on any atom is 0.338 e. The van der Waals surface area contributed by atoms with Crippen molar-refractivity contribution in [1.29, 1.82) is 0 Å². The Bertz CT molecular complexity index is 1730. The number of carbonyl (C=O) groups is 3. The van der Waals surface area contributed by atoms with Gasteiger partial charge in [0.2, 0.25) is 6.29 Å². The first-order valence-electron chi connectivity index (χ1n) is 20.3. The average Bonchev–Trinajstić information content (AvgIpc) is 3.25. The standard InChI is InChI=1S/C42H57NO17/c1-4-6-7-8-12-15-28(39(50)51)56-35-32(47)30(21-44)58-42(37(35)59-40(52)24-13-10-9-11-14-24)57-27-18-19-54-36(34(27)60-41-33(48)31(46)26(45)22-55-41)38(49)43-25-17-16-23(5-2)29(20-25)53-3/h9-11,13-14,16-17,20,22,27-28,30-37,41-42,44-48H,4-8,12,15,18-19,21H2,1-3H3,(H,43,49)(H,50,51). The molecule has 60 heavy (non-hydrogen) atoms. The van der Waals surface area contributed by atoms with Crippen molar-refractivity contribution in [3.63, 3.8) is 0 Å². The van der Waals surface area contributed by atoms with Crippen molar-refractivity contribution in [2.75, 3.05) is 25.6 Å². The first-order chi connectivity index (χ1) is 28.9. The maximum atomic E-state index is 14.0. The third-order valence-electron chi connectivity index (χ3n) is 10.6. The lowest BCUT2D eigenvalue weighted by atomic mass is 9.96. The minimum Gasteiger partial charge on any atom is -0.506 e. The van der Waals surface area contributed by atoms with Crippen LogP contribution in [0.3, 0.4) is 0 Å². The van der Waals surface area contributed by atoms with Crippen LogP contribution in [0.15, 0.2) is 60.6 Å². The van der Waals surface area contributed by atoms with Crippen LogP contribution in [0, 0.1) is 0 Å². The quantitative estimate of drug-likeness (QED) is 0.0747. The number of amides is 1. The molecule has 0 aromatic heterocycles. The Morgan fingerprint density at radius 3 is 2.35 bits per heavy atom. The Kier molecular flexibility index (Phi) is 17.5. The number of hydrogen-bond acceptors (Lipinski definition) is 16. The number of methoxy groups -OCH3 is 1. The molecule has 0 spiro atoms. The lowest BCUT2D eigenvalue weighted by molar-refractivity contribution is -0.341. The third-order valence-corrected chi connectivity index (χ3v) is 10.6. The molecule has 2 fully saturated rings. The summed E-state index contributed by atoms with van der Waals surface area (Å²) in [5.41, 5.74) is 1.34. The predicted octanol–water partition coefficient (Wildman–Crippen LogP) is 2.74. The van der Waals surface area contributed by atoms with Gasteiger partial charge >= 0.3 is 11.9 Å². The second-order valence-corrected chi connectivity index (χ2v) is 14.8. The van der Waals surface area contributed by atoms with Gasteiger partial charge in [-0.15, -0.1) is 0 Å². The number of aliphatic hydroxyl groups excluding tert-OH is 5. The summed E-state index contributed by atoms with van der Waals surface area (Å²) in [4.78, 5) is 40.2. The zero-order valence-corrected chi connectivity index (χ0v) is 33.9. The van der Waals surface area contributed by atoms with Gasteiger partial charge in [-0.25, -0.2) is 9.59 Å². The molecule has 18 heteroatoms. The van der Waals surface area contributed by atoms with Crippen molar-refractivity contribution < 1.29 is 82.9 Å². The second-order valence-electron chi connectivity index (χ2n) is 14.8. The van der Waals surface area contributed by atoms with Crippen LogP contribution in [0.2, 0.25) is 0 Å². The van der Waals surface area contributed by atoms with Gasteiger partial charge in [-0.2, -0.15) is 0 Å². The summed E-state index contributed by atoms with van der Waals surface area (Å²) in [5.74, 6) is -3.09. The van der Waals surface area contributed by atoms with Crippen molar-refractivity contribution in [3.05, 3.63) is 71.7 Å². The summed E-state index contributed by atoms with van der Waals surface area (Å²) in [7, 11) is 1.50. The Labute approximate surface area is 347 Å². The second kappa shape index (κ2) is 22.5. The molecule has 3 heterocycles. The van der Waals surface area contributed by atoms with Crippen LogP contribution in [0.5, 0.6) is 5.75 Å². The summed E-state index contributed by atoms with van der Waals surface area (Å²) in [6, 6.07) is 12.9. The number of aliphatic hydroxyl groups is 5. The van der Waals surface area contributed by atoms with Crippen molar-refractivity contribution in [2.45, 2.75) is 139 Å². The smallest absolute Gasteiger partial charge is 0.338 e. The molecule has 12 atom stereocenters. The topological polar surface area (TPSA) is 258 Å². The lowest BCUT2D eigenvalue weighted by Crippen LogP contribution is -2.64. The van der Waals surface area contributed by atoms with E-state index >= 15 is 0 Å². The Hall–Kier alpha value is -4.37. The SMILES string of the molecule is CCCCCCCC(OC1C(O)C(CO)OC(OC2CCOC(C(=O)Nc3ccc(CC)c(OC)c3)C2OC2OC=C(O)C(O)C2O)C1OC(=O)c1ccccc1)C(=O)O. The highest BCUT2D eigenvalue weighted by atomic mass is 16.7. The van der Waals surface area contributed by atoms with E-state index in [0.29, 0.717) is 24.3 Å². The molecule has 332 valence electrons. The lowest BCUT2D eigenvalue weighted by Gasteiger charge is -2.46. The number of aliphatic carboxylic acids is 1. The molecule has 0 aliphatic carbocycles. The fourth-order valence-corrected chi connectivity index (χ4v) is 7.24. The summed E-state index contributed by atoms with van der Waals surface area (Å²) in [5, 5.41) is 66.1. The van der Waals surface area contributed by atoms with Crippen LogP contribution in [-0.2, 0) is 49.2 Å². The Morgan fingerprint density at radius 1 is 0.917 bits per heavy atom. The number of nitrogens with one attached hydrogen (secondary N) is 1. The number of carbonyl (C=O) groups excluding carboxylic acids is 2. The van der Waals surface area contributed by atoms with Crippen LogP contribution in [-0.4, -0.2) is 142 Å². The Morgan fingerprint density at radius 2 is 1.67 bits per heavy atom. The molecular weight excluding hydrogens is 790 g/mol. The zero-order chi connectivity index (χ0) is 43.3. The number of esters is 1. The molecule has 3 aliphatic rings. The number of carboxylic acids is 1. The minimum absolute atomic E-state index is 0.0213. The number of hydrogen-bond donors (Lipinski definition) is 7. The first-order valence-corrected chi connectivity index (χ1v) is 20.3. The number of aryl methyl sites for hydroxylation is 1. The van der Waals surface area contributed by atoms with Crippen molar-refractivity contribution in [1.82, 2.24) is 0 Å². The normalized spacial score (nSPS) is 29.7. The van der Waals surface area contributed by atoms with Gasteiger partial charge < -0.3 is 73.9 Å². The van der Waals surface area contributed by atoms with Crippen molar-refractivity contribution >= 4 is 23.5 Å². The molecule has 0 bridgehead atoms. The van der Waals surface area contributed by atoms with E-state index in [9.17, 15) is 45.0 Å². The van der Waals surface area contributed by atoms with E-state index in [1.54, 1.807) is 36.4 Å². The minimum atomic E-state index is -1.85. The van der Waals surface area contributed by atoms with Gasteiger partial charge in [0.1, 0.15) is 48.6 Å². The zero-order valence-electron chi connectivity index (χ0n) is 33.9. The number of carboxylic acid groups (broad SMARTS) is 1. The Balaban J connectivity index is 1.49. The van der Waals surface area contributed by atoms with Gasteiger partial charge in [-0.3, -0.25) is 4.79 Å². The number of benzene rings is 2. The van der Waals surface area contributed by atoms with Crippen LogP contribution >= 0.6 is 0 Å². The number of rotatable bonds is 20. The first kappa shape index (κ1) is 46.7. The molecule has 2 aromatic carbocycles. The number of ether oxygens (including phenoxy) is 8. The van der Waals surface area contributed by atoms with E-state index in [1.807, 2.05) is 6.92 Å². The van der Waals surface area contributed by atoms with E-state index < -0.39 is 104 Å². The summed E-state index contributed by atoms with van der Waals surface area (Å²) >= 11 is 0. The fraction of sp³-hybridized carbons (Fsp3) is 0.595. The molecule has 5 rings (SSSR count). The van der Waals surface area contributed by atoms with Gasteiger partial charge in [0.05, 0.1) is 32.0 Å². The largest absolute Gasteiger partial charge is 0.506 e. The van der Waals surface area contributed by atoms with Gasteiger partial charge in [0.15, 0.2) is 30.4 Å². The van der Waals surface area contributed by atoms with Gasteiger partial charge in [0.25, 0.3) is 5.91 Å². The summed E-state index contributed by atoms with van der Waals surface area (Å²) < 4.78 is 47.4. The predicted molar refractivity (Wildman–Crippen MR) is 210 cm³/mol. The molecule has 3 aliphatic heterocycles. The van der Waals surface area contributed by atoms with E-state index in [-0.39, 0.29) is 25.0 Å². The van der Waals surface area contributed by atoms with Crippen LogP contribution < -0.4 is 10.1 Å². The molecule has 1 amide bonds. The van der Waals surface area contributed by atoms with E-state index in [2.05, 4.69) is 12.2 Å². The number of anilines is 1. The molecule has 2 aromatic rings. The molecular formula is C42H57NO17. The van der Waals surface area contributed by atoms with E-state index in [1.165, 1.54) is 19.2 Å². The van der Waals surface area contributed by atoms with Crippen LogP contribution in [0.4, 0.5) is 5.69 Å². The highest BCUT2D eigenvalue weighted by Gasteiger charge is 2.53. The van der Waals surface area contributed by atoms with Gasteiger partial charge in [0, 0.05) is 11.8 Å². The third kappa shape index (κ3) is 11.7. The van der Waals surface area contributed by atoms with Gasteiger partial charge in [-0.05, 0) is 43.0 Å². The summed E-state index contributed by atoms with van der Waals surface area (Å²) in [6.07, 6.45) is -13.6. The van der Waals surface area contributed by atoms with Gasteiger partial charge in [-0.1, -0.05) is 70.2 Å². The molecule has 12 unspecified atom stereocenters. The van der Waals surface area contributed by atoms with Crippen LogP contribution in [0.25, 0.3) is 0 Å². The molecule has 0 saturated carbocycles. The fourth-order valence-electron chi connectivity index (χ4n) is 7.24. The maximum absolute atomic E-state index is 14.0. The van der Waals surface area contributed by atoms with Crippen LogP contribution in [0.1, 0.15) is 74.7 Å². The average molecular weight is 848 g/mol. The van der Waals surface area contributed by atoms with E-state index in [0.717, 1.165) is 37.5 Å². The highest BCUT2D eigenvalue weighted by molar-refractivity contribution is 5.95. The molecule has 18 nitrogen and oxygen atoms in total. The van der Waals surface area contributed by atoms with Crippen molar-refractivity contribution in [2.24, 2.45) is 0 Å². The molecule has 0 radical (unpaired) electrons. The van der Waals surface area contributed by atoms with E-state index in [4.69, 9.17) is 37.9 Å². The van der Waals surface area contributed by atoms with Crippen molar-refractivity contribution in [3.8, 4) is 5.75 Å².